The van der Waals surface area contributed by atoms with Crippen molar-refractivity contribution in [2.24, 2.45) is 0 Å². The molecule has 1 atom stereocenters. The lowest BCUT2D eigenvalue weighted by Gasteiger charge is -2.29. The molecule has 2 aromatic rings. The molecule has 1 fully saturated rings. The predicted molar refractivity (Wildman–Crippen MR) is 117 cm³/mol. The lowest BCUT2D eigenvalue weighted by Crippen LogP contribution is -2.39. The largest absolute Gasteiger partial charge is 0.496 e. The molecule has 0 saturated carbocycles. The molecule has 29 heavy (non-hydrogen) atoms. The van der Waals surface area contributed by atoms with Crippen LogP contribution in [0.25, 0.3) is 0 Å². The number of likely N-dealkylation sites (N-methyl/N-ethyl adjacent to an activating group) is 1. The van der Waals surface area contributed by atoms with E-state index in [1.807, 2.05) is 55.3 Å². The minimum absolute atomic E-state index is 0.0624. The summed E-state index contributed by atoms with van der Waals surface area (Å²) in [5, 5.41) is 3.64. The van der Waals surface area contributed by atoms with Crippen LogP contribution in [0.1, 0.15) is 12.5 Å². The molecular weight excluding hydrogens is 390 g/mol. The van der Waals surface area contributed by atoms with E-state index in [4.69, 9.17) is 21.1 Å². The van der Waals surface area contributed by atoms with Crippen molar-refractivity contribution in [3.63, 3.8) is 0 Å². The van der Waals surface area contributed by atoms with Crippen LogP contribution in [0.5, 0.6) is 5.75 Å². The van der Waals surface area contributed by atoms with Gasteiger partial charge in [-0.25, -0.2) is 0 Å². The summed E-state index contributed by atoms with van der Waals surface area (Å²) in [6, 6.07) is 13.1. The second-order valence-electron chi connectivity index (χ2n) is 7.18. The first-order chi connectivity index (χ1) is 14.0. The van der Waals surface area contributed by atoms with Gasteiger partial charge in [-0.2, -0.15) is 0 Å². The van der Waals surface area contributed by atoms with Gasteiger partial charge in [0, 0.05) is 41.6 Å². The van der Waals surface area contributed by atoms with Crippen molar-refractivity contribution in [1.29, 1.82) is 0 Å². The number of hydrogen-bond donors (Lipinski definition) is 1. The molecule has 6 nitrogen and oxygen atoms in total. The number of morpholine rings is 1. The molecule has 0 aliphatic carbocycles. The van der Waals surface area contributed by atoms with Crippen LogP contribution in [0.3, 0.4) is 0 Å². The molecule has 7 heteroatoms. The molecule has 1 aliphatic heterocycles. The summed E-state index contributed by atoms with van der Waals surface area (Å²) in [5.41, 5.74) is 2.87. The molecule has 3 rings (SSSR count). The van der Waals surface area contributed by atoms with E-state index in [0.29, 0.717) is 11.6 Å². The maximum atomic E-state index is 12.7. The average molecular weight is 418 g/mol. The monoisotopic (exact) mass is 417 g/mol. The fourth-order valence-corrected chi connectivity index (χ4v) is 3.50. The number of nitrogens with zero attached hydrogens (tertiary/aromatic N) is 2. The Morgan fingerprint density at radius 3 is 2.59 bits per heavy atom. The molecule has 1 N–H and O–H groups in total. The van der Waals surface area contributed by atoms with E-state index >= 15 is 0 Å². The van der Waals surface area contributed by atoms with E-state index in [9.17, 15) is 4.79 Å². The van der Waals surface area contributed by atoms with E-state index in [1.165, 1.54) is 0 Å². The third kappa shape index (κ3) is 5.63. The number of ether oxygens (including phenoxy) is 2. The first-order valence-electron chi connectivity index (χ1n) is 9.74. The standard InChI is InChI=1S/C22H28ClN3O3/c1-16(25(2)15-17-14-18(23)4-9-21(17)28-3)22(27)24-19-5-7-20(8-6-19)26-10-12-29-13-11-26/h4-9,14,16H,10-13,15H2,1-3H3,(H,24,27)/t16-/m1/s1. The number of rotatable bonds is 7. The second kappa shape index (κ2) is 9.96. The first-order valence-corrected chi connectivity index (χ1v) is 10.1. The highest BCUT2D eigenvalue weighted by molar-refractivity contribution is 6.30. The Labute approximate surface area is 177 Å². The minimum Gasteiger partial charge on any atom is -0.496 e. The number of nitrogens with one attached hydrogen (secondary N) is 1. The average Bonchev–Trinajstić information content (AvgIpc) is 2.74. The van der Waals surface area contributed by atoms with E-state index < -0.39 is 0 Å². The summed E-state index contributed by atoms with van der Waals surface area (Å²) < 4.78 is 10.8. The quantitative estimate of drug-likeness (QED) is 0.745. The molecule has 2 aromatic carbocycles. The highest BCUT2D eigenvalue weighted by atomic mass is 35.5. The van der Waals surface area contributed by atoms with Crippen LogP contribution < -0.4 is 15.0 Å². The van der Waals surface area contributed by atoms with Crippen LogP contribution in [0.15, 0.2) is 42.5 Å². The molecule has 1 amide bonds. The molecule has 0 bridgehead atoms. The van der Waals surface area contributed by atoms with Crippen molar-refractivity contribution in [1.82, 2.24) is 4.90 Å². The zero-order valence-corrected chi connectivity index (χ0v) is 17.9. The van der Waals surface area contributed by atoms with Crippen LogP contribution in [-0.2, 0) is 16.1 Å². The van der Waals surface area contributed by atoms with Crippen LogP contribution in [0, 0.1) is 0 Å². The number of hydrogen-bond acceptors (Lipinski definition) is 5. The van der Waals surface area contributed by atoms with Gasteiger partial charge in [0.15, 0.2) is 0 Å². The third-order valence-corrected chi connectivity index (χ3v) is 5.45. The van der Waals surface area contributed by atoms with Gasteiger partial charge in [-0.1, -0.05) is 11.6 Å². The fraction of sp³-hybridized carbons (Fsp3) is 0.409. The van der Waals surface area contributed by atoms with Crippen molar-refractivity contribution in [2.45, 2.75) is 19.5 Å². The number of methoxy groups -OCH3 is 1. The molecule has 0 radical (unpaired) electrons. The van der Waals surface area contributed by atoms with Crippen molar-refractivity contribution < 1.29 is 14.3 Å². The number of amides is 1. The smallest absolute Gasteiger partial charge is 0.241 e. The number of carbonyl (C=O) groups is 1. The summed E-state index contributed by atoms with van der Waals surface area (Å²) in [4.78, 5) is 17.0. The molecule has 1 saturated heterocycles. The van der Waals surface area contributed by atoms with Crippen molar-refractivity contribution in [3.05, 3.63) is 53.1 Å². The van der Waals surface area contributed by atoms with Gasteiger partial charge in [-0.05, 0) is 56.4 Å². The minimum atomic E-state index is -0.322. The van der Waals surface area contributed by atoms with E-state index in [0.717, 1.165) is 49.0 Å². The number of benzene rings is 2. The summed E-state index contributed by atoms with van der Waals surface area (Å²) >= 11 is 6.11. The Kier molecular flexibility index (Phi) is 7.36. The molecule has 0 unspecified atom stereocenters. The van der Waals surface area contributed by atoms with Gasteiger partial charge < -0.3 is 19.7 Å². The van der Waals surface area contributed by atoms with Crippen molar-refractivity contribution in [2.75, 3.05) is 50.7 Å². The van der Waals surface area contributed by atoms with E-state index in [2.05, 4.69) is 10.2 Å². The summed E-state index contributed by atoms with van der Waals surface area (Å²) in [5.74, 6) is 0.695. The number of carbonyl (C=O) groups excluding carboxylic acids is 1. The van der Waals surface area contributed by atoms with Crippen molar-refractivity contribution in [3.8, 4) is 5.75 Å². The SMILES string of the molecule is COc1ccc(Cl)cc1CN(C)[C@H](C)C(=O)Nc1ccc(N2CCOCC2)cc1. The third-order valence-electron chi connectivity index (χ3n) is 5.21. The van der Waals surface area contributed by atoms with Gasteiger partial charge in [0.05, 0.1) is 26.4 Å². The lowest BCUT2D eigenvalue weighted by molar-refractivity contribution is -0.120. The fourth-order valence-electron chi connectivity index (χ4n) is 3.30. The Hall–Kier alpha value is -2.28. The number of anilines is 2. The molecule has 1 aliphatic rings. The zero-order chi connectivity index (χ0) is 20.8. The summed E-state index contributed by atoms with van der Waals surface area (Å²) in [6.45, 7) is 5.71. The zero-order valence-electron chi connectivity index (χ0n) is 17.2. The highest BCUT2D eigenvalue weighted by Gasteiger charge is 2.20. The maximum absolute atomic E-state index is 12.7. The van der Waals surface area contributed by atoms with Gasteiger partial charge in [-0.3, -0.25) is 9.69 Å². The normalized spacial score (nSPS) is 15.3. The summed E-state index contributed by atoms with van der Waals surface area (Å²) in [6.07, 6.45) is 0. The van der Waals surface area contributed by atoms with Gasteiger partial charge in [0.1, 0.15) is 5.75 Å². The van der Waals surface area contributed by atoms with E-state index in [-0.39, 0.29) is 11.9 Å². The molecule has 0 spiro atoms. The molecule has 156 valence electrons. The Morgan fingerprint density at radius 2 is 1.93 bits per heavy atom. The Balaban J connectivity index is 1.59. The van der Waals surface area contributed by atoms with Gasteiger partial charge in [-0.15, -0.1) is 0 Å². The molecular formula is C22H28ClN3O3. The lowest BCUT2D eigenvalue weighted by atomic mass is 10.1. The Bertz CT molecular complexity index is 823. The molecule has 0 aromatic heterocycles. The second-order valence-corrected chi connectivity index (χ2v) is 7.62. The van der Waals surface area contributed by atoms with Gasteiger partial charge in [0.25, 0.3) is 0 Å². The van der Waals surface area contributed by atoms with Crippen LogP contribution >= 0.6 is 11.6 Å². The Morgan fingerprint density at radius 1 is 1.24 bits per heavy atom. The van der Waals surface area contributed by atoms with Crippen LogP contribution in [-0.4, -0.2) is 57.3 Å². The maximum Gasteiger partial charge on any atom is 0.241 e. The topological polar surface area (TPSA) is 54.0 Å². The highest BCUT2D eigenvalue weighted by Crippen LogP contribution is 2.24. The van der Waals surface area contributed by atoms with Gasteiger partial charge >= 0.3 is 0 Å². The first kappa shape index (κ1) is 21.4. The van der Waals surface area contributed by atoms with Crippen LogP contribution in [0.2, 0.25) is 5.02 Å². The molecule has 1 heterocycles. The predicted octanol–water partition coefficient (Wildman–Crippen LogP) is 3.64. The van der Waals surface area contributed by atoms with Crippen molar-refractivity contribution >= 4 is 28.9 Å². The van der Waals surface area contributed by atoms with Gasteiger partial charge in [0.2, 0.25) is 5.91 Å². The van der Waals surface area contributed by atoms with Crippen LogP contribution in [0.4, 0.5) is 11.4 Å². The number of halogens is 1. The summed E-state index contributed by atoms with van der Waals surface area (Å²) in [7, 11) is 3.54. The van der Waals surface area contributed by atoms with E-state index in [1.54, 1.807) is 13.2 Å².